The van der Waals surface area contributed by atoms with Crippen molar-refractivity contribution in [1.29, 1.82) is 0 Å². The molecule has 0 radical (unpaired) electrons. The van der Waals surface area contributed by atoms with E-state index in [2.05, 4.69) is 10.2 Å². The van der Waals surface area contributed by atoms with E-state index < -0.39 is 11.7 Å². The molecule has 1 heterocycles. The molecule has 0 bridgehead atoms. The van der Waals surface area contributed by atoms with Crippen molar-refractivity contribution >= 4 is 23.4 Å². The van der Waals surface area contributed by atoms with Crippen LogP contribution in [0.1, 0.15) is 11.1 Å². The molecule has 4 aromatic rings. The van der Waals surface area contributed by atoms with Gasteiger partial charge in [-0.1, -0.05) is 65.8 Å². The highest BCUT2D eigenvalue weighted by atomic mass is 35.5. The first-order valence-corrected chi connectivity index (χ1v) is 10.9. The van der Waals surface area contributed by atoms with Crippen LogP contribution in [0.2, 0.25) is 5.02 Å². The van der Waals surface area contributed by atoms with E-state index in [-0.39, 0.29) is 11.3 Å². The van der Waals surface area contributed by atoms with Crippen LogP contribution in [0, 0.1) is 0 Å². The molecule has 4 nitrogen and oxygen atoms in total. The SMILES string of the molecule is COc1ccccc1-n1c(SCc2ccccc2C(F)(F)F)nnc1-c1ccccc1Cl. The first kappa shape index (κ1) is 22.2. The van der Waals surface area contributed by atoms with Crippen molar-refractivity contribution in [2.24, 2.45) is 0 Å². The third-order valence-electron chi connectivity index (χ3n) is 4.75. The third kappa shape index (κ3) is 4.47. The molecule has 0 amide bonds. The number of hydrogen-bond donors (Lipinski definition) is 0. The first-order chi connectivity index (χ1) is 15.4. The largest absolute Gasteiger partial charge is 0.495 e. The predicted molar refractivity (Wildman–Crippen MR) is 119 cm³/mol. The minimum Gasteiger partial charge on any atom is -0.495 e. The van der Waals surface area contributed by atoms with Gasteiger partial charge in [0, 0.05) is 11.3 Å². The fourth-order valence-electron chi connectivity index (χ4n) is 3.28. The number of hydrogen-bond acceptors (Lipinski definition) is 4. The van der Waals surface area contributed by atoms with Gasteiger partial charge in [-0.25, -0.2) is 0 Å². The van der Waals surface area contributed by atoms with Crippen LogP contribution in [0.15, 0.2) is 78.0 Å². The van der Waals surface area contributed by atoms with Gasteiger partial charge >= 0.3 is 6.18 Å². The lowest BCUT2D eigenvalue weighted by molar-refractivity contribution is -0.138. The van der Waals surface area contributed by atoms with Gasteiger partial charge in [0.2, 0.25) is 0 Å². The first-order valence-electron chi connectivity index (χ1n) is 9.51. The van der Waals surface area contributed by atoms with E-state index in [0.29, 0.717) is 33.0 Å². The standard InChI is InChI=1S/C23H17ClF3N3OS/c1-31-20-13-7-6-12-19(20)30-21(16-9-3-5-11-18(16)24)28-29-22(30)32-14-15-8-2-4-10-17(15)23(25,26)27/h2-13H,14H2,1H3. The summed E-state index contributed by atoms with van der Waals surface area (Å²) in [5, 5.41) is 9.48. The van der Waals surface area contributed by atoms with Crippen molar-refractivity contribution in [1.82, 2.24) is 14.8 Å². The summed E-state index contributed by atoms with van der Waals surface area (Å²) in [5.74, 6) is 1.09. The average molecular weight is 476 g/mol. The molecule has 0 saturated carbocycles. The van der Waals surface area contributed by atoms with E-state index in [9.17, 15) is 13.2 Å². The van der Waals surface area contributed by atoms with Crippen LogP contribution in [-0.2, 0) is 11.9 Å². The number of halogens is 4. The van der Waals surface area contributed by atoms with Gasteiger partial charge in [-0.05, 0) is 35.9 Å². The maximum absolute atomic E-state index is 13.4. The van der Waals surface area contributed by atoms with Crippen LogP contribution >= 0.6 is 23.4 Å². The Morgan fingerprint density at radius 3 is 2.38 bits per heavy atom. The quantitative estimate of drug-likeness (QED) is 0.284. The lowest BCUT2D eigenvalue weighted by atomic mass is 10.1. The second-order valence-corrected chi connectivity index (χ2v) is 8.09. The summed E-state index contributed by atoms with van der Waals surface area (Å²) in [4.78, 5) is 0. The van der Waals surface area contributed by atoms with Crippen LogP contribution in [0.25, 0.3) is 17.1 Å². The highest BCUT2D eigenvalue weighted by molar-refractivity contribution is 7.98. The Kier molecular flexibility index (Phi) is 6.43. The molecule has 0 spiro atoms. The minimum absolute atomic E-state index is 0.0610. The maximum Gasteiger partial charge on any atom is 0.416 e. The van der Waals surface area contributed by atoms with Gasteiger partial charge in [0.05, 0.1) is 23.4 Å². The molecule has 0 aliphatic rings. The van der Waals surface area contributed by atoms with E-state index >= 15 is 0 Å². The van der Waals surface area contributed by atoms with Crippen molar-refractivity contribution in [3.63, 3.8) is 0 Å². The summed E-state index contributed by atoms with van der Waals surface area (Å²) < 4.78 is 47.5. The Morgan fingerprint density at radius 1 is 0.938 bits per heavy atom. The molecule has 3 aromatic carbocycles. The molecule has 0 aliphatic heterocycles. The van der Waals surface area contributed by atoms with Gasteiger partial charge in [-0.2, -0.15) is 13.2 Å². The van der Waals surface area contributed by atoms with Gasteiger partial charge in [-0.15, -0.1) is 10.2 Å². The molecule has 9 heteroatoms. The van der Waals surface area contributed by atoms with Gasteiger partial charge in [-0.3, -0.25) is 4.57 Å². The molecule has 1 aromatic heterocycles. The summed E-state index contributed by atoms with van der Waals surface area (Å²) in [6.07, 6.45) is -4.43. The summed E-state index contributed by atoms with van der Waals surface area (Å²) in [5.41, 5.74) is 0.803. The van der Waals surface area contributed by atoms with Crippen molar-refractivity contribution in [3.05, 3.63) is 88.9 Å². The Hall–Kier alpha value is -2.97. The molecule has 4 rings (SSSR count). The fraction of sp³-hybridized carbons (Fsp3) is 0.130. The molecule has 0 fully saturated rings. The molecular weight excluding hydrogens is 459 g/mol. The van der Waals surface area contributed by atoms with E-state index in [1.54, 1.807) is 35.9 Å². The molecule has 0 aliphatic carbocycles. The van der Waals surface area contributed by atoms with Crippen LogP contribution in [0.4, 0.5) is 13.2 Å². The average Bonchev–Trinajstić information content (AvgIpc) is 3.21. The van der Waals surface area contributed by atoms with Crippen LogP contribution in [0.5, 0.6) is 5.75 Å². The zero-order valence-electron chi connectivity index (χ0n) is 16.8. The van der Waals surface area contributed by atoms with Crippen LogP contribution in [0.3, 0.4) is 0 Å². The van der Waals surface area contributed by atoms with E-state index in [1.165, 1.54) is 12.1 Å². The molecule has 32 heavy (non-hydrogen) atoms. The lowest BCUT2D eigenvalue weighted by Gasteiger charge is -2.15. The van der Waals surface area contributed by atoms with Crippen molar-refractivity contribution in [2.75, 3.05) is 7.11 Å². The molecule has 164 valence electrons. The number of nitrogens with zero attached hydrogens (tertiary/aromatic N) is 3. The van der Waals surface area contributed by atoms with E-state index in [0.717, 1.165) is 17.8 Å². The molecule has 0 atom stereocenters. The predicted octanol–water partition coefficient (Wildman–Crippen LogP) is 6.91. The Labute approximate surface area is 192 Å². The van der Waals surface area contributed by atoms with Gasteiger partial charge in [0.25, 0.3) is 0 Å². The number of aromatic nitrogens is 3. The summed E-state index contributed by atoms with van der Waals surface area (Å²) in [7, 11) is 1.55. The van der Waals surface area contributed by atoms with Gasteiger partial charge < -0.3 is 4.74 Å². The zero-order valence-corrected chi connectivity index (χ0v) is 18.4. The number of alkyl halides is 3. The van der Waals surface area contributed by atoms with Gasteiger partial charge in [0.15, 0.2) is 11.0 Å². The number of rotatable bonds is 6. The van der Waals surface area contributed by atoms with Crippen molar-refractivity contribution in [2.45, 2.75) is 17.1 Å². The molecule has 0 N–H and O–H groups in total. The zero-order chi connectivity index (χ0) is 22.7. The maximum atomic E-state index is 13.4. The number of thioether (sulfide) groups is 1. The topological polar surface area (TPSA) is 39.9 Å². The number of ether oxygens (including phenoxy) is 1. The molecule has 0 unspecified atom stereocenters. The summed E-state index contributed by atoms with van der Waals surface area (Å²) >= 11 is 7.56. The monoisotopic (exact) mass is 475 g/mol. The Balaban J connectivity index is 1.80. The summed E-state index contributed by atoms with van der Waals surface area (Å²) in [6, 6.07) is 20.0. The van der Waals surface area contributed by atoms with E-state index in [4.69, 9.17) is 16.3 Å². The van der Waals surface area contributed by atoms with Crippen molar-refractivity contribution in [3.8, 4) is 22.8 Å². The second-order valence-electron chi connectivity index (χ2n) is 6.74. The Bertz CT molecular complexity index is 1240. The normalized spacial score (nSPS) is 11.5. The minimum atomic E-state index is -4.43. The fourth-order valence-corrected chi connectivity index (χ4v) is 4.45. The molecule has 0 saturated heterocycles. The molecular formula is C23H17ClF3N3OS. The lowest BCUT2D eigenvalue weighted by Crippen LogP contribution is -2.08. The smallest absolute Gasteiger partial charge is 0.416 e. The van der Waals surface area contributed by atoms with Crippen LogP contribution in [-0.4, -0.2) is 21.9 Å². The highest BCUT2D eigenvalue weighted by Crippen LogP contribution is 2.38. The highest BCUT2D eigenvalue weighted by Gasteiger charge is 2.33. The second kappa shape index (κ2) is 9.26. The van der Waals surface area contributed by atoms with Crippen molar-refractivity contribution < 1.29 is 17.9 Å². The number of benzene rings is 3. The number of methoxy groups -OCH3 is 1. The van der Waals surface area contributed by atoms with E-state index in [1.807, 2.05) is 30.3 Å². The van der Waals surface area contributed by atoms with Crippen LogP contribution < -0.4 is 4.74 Å². The Morgan fingerprint density at radius 2 is 1.62 bits per heavy atom. The van der Waals surface area contributed by atoms with Gasteiger partial charge in [0.1, 0.15) is 5.75 Å². The third-order valence-corrected chi connectivity index (χ3v) is 6.06. The number of para-hydroxylation sites is 2. The summed E-state index contributed by atoms with van der Waals surface area (Å²) in [6.45, 7) is 0.